The Balaban J connectivity index is 1.64. The molecule has 0 amide bonds. The van der Waals surface area contributed by atoms with Crippen molar-refractivity contribution in [3.63, 3.8) is 0 Å². The second-order valence-electron chi connectivity index (χ2n) is 9.00. The number of nitrogens with zero attached hydrogens (tertiary/aromatic N) is 7. The number of aromatic nitrogens is 6. The van der Waals surface area contributed by atoms with Crippen molar-refractivity contribution >= 4 is 20.9 Å². The Hall–Kier alpha value is -3.93. The van der Waals surface area contributed by atoms with E-state index in [9.17, 15) is 31.4 Å². The maximum absolute atomic E-state index is 13.9. The molecule has 0 spiro atoms. The predicted molar refractivity (Wildman–Crippen MR) is 125 cm³/mol. The lowest BCUT2D eigenvalue weighted by Gasteiger charge is -2.19. The van der Waals surface area contributed by atoms with Crippen LogP contribution >= 0.6 is 0 Å². The van der Waals surface area contributed by atoms with Crippen molar-refractivity contribution in [1.29, 1.82) is 10.0 Å². The highest BCUT2D eigenvalue weighted by molar-refractivity contribution is 7.92. The van der Waals surface area contributed by atoms with Crippen LogP contribution < -0.4 is 0 Å². The molecule has 38 heavy (non-hydrogen) atoms. The van der Waals surface area contributed by atoms with Crippen LogP contribution in [0, 0.1) is 16.1 Å². The Morgan fingerprint density at radius 3 is 2.47 bits per heavy atom. The van der Waals surface area contributed by atoms with Crippen LogP contribution in [0.1, 0.15) is 30.9 Å². The number of halogens is 5. The summed E-state index contributed by atoms with van der Waals surface area (Å²) >= 11 is 0. The fourth-order valence-electron chi connectivity index (χ4n) is 4.06. The SMILES string of the molecule is CCS(=N)(=O)c1cc(-n2cc(C3(C#N)CC3)cn2)cnc1-c1nc2cc(C(F)(F)C(F)(F)F)cnc2n1C. The molecule has 0 aliphatic heterocycles. The van der Waals surface area contributed by atoms with Crippen LogP contribution in [0.3, 0.4) is 0 Å². The molecular weight excluding hydrogens is 531 g/mol. The lowest BCUT2D eigenvalue weighted by atomic mass is 10.0. The minimum absolute atomic E-state index is 0.00511. The number of nitrogens with one attached hydrogen (secondary N) is 1. The summed E-state index contributed by atoms with van der Waals surface area (Å²) in [6, 6.07) is 4.32. The van der Waals surface area contributed by atoms with Crippen LogP contribution in [0.2, 0.25) is 0 Å². The van der Waals surface area contributed by atoms with Crippen LogP contribution in [0.25, 0.3) is 28.4 Å². The van der Waals surface area contributed by atoms with Gasteiger partial charge in [0.2, 0.25) is 0 Å². The van der Waals surface area contributed by atoms with Gasteiger partial charge < -0.3 is 4.57 Å². The van der Waals surface area contributed by atoms with Crippen molar-refractivity contribution in [2.24, 2.45) is 7.05 Å². The molecule has 0 aromatic carbocycles. The number of hydrogen-bond donors (Lipinski definition) is 1. The van der Waals surface area contributed by atoms with Gasteiger partial charge in [0, 0.05) is 30.8 Å². The molecule has 1 saturated carbocycles. The topological polar surface area (TPSA) is 126 Å². The largest absolute Gasteiger partial charge is 0.458 e. The Bertz CT molecular complexity index is 1730. The van der Waals surface area contributed by atoms with Crippen molar-refractivity contribution in [3.8, 4) is 23.3 Å². The van der Waals surface area contributed by atoms with E-state index in [0.29, 0.717) is 30.8 Å². The first kappa shape index (κ1) is 25.7. The standard InChI is InChI=1S/C23H19F5N8OS/c1-3-38(30,37)17-7-15(36-11-14(9-33-36)21(12-29)4-5-21)10-31-18(17)20-34-16-6-13(8-32-19(16)35(20)2)22(24,25)23(26,27)28/h6-11,30H,3-5H2,1-2H3. The van der Waals surface area contributed by atoms with Gasteiger partial charge in [0.05, 0.1) is 49.8 Å². The Morgan fingerprint density at radius 2 is 1.87 bits per heavy atom. The van der Waals surface area contributed by atoms with Gasteiger partial charge in [0.15, 0.2) is 11.5 Å². The third-order valence-corrected chi connectivity index (χ3v) is 8.44. The summed E-state index contributed by atoms with van der Waals surface area (Å²) in [5.41, 5.74) is -1.14. The highest BCUT2D eigenvalue weighted by Crippen LogP contribution is 2.47. The van der Waals surface area contributed by atoms with Gasteiger partial charge in [-0.1, -0.05) is 6.92 Å². The molecule has 4 heterocycles. The Labute approximate surface area is 212 Å². The molecule has 1 atom stereocenters. The molecule has 0 saturated heterocycles. The lowest BCUT2D eigenvalue weighted by Crippen LogP contribution is -2.33. The van der Waals surface area contributed by atoms with Crippen LogP contribution in [-0.2, 0) is 28.1 Å². The van der Waals surface area contributed by atoms with Crippen molar-refractivity contribution < 1.29 is 26.2 Å². The number of aryl methyl sites for hydroxylation is 1. The molecule has 1 aliphatic carbocycles. The van der Waals surface area contributed by atoms with Gasteiger partial charge in [0.1, 0.15) is 11.2 Å². The highest BCUT2D eigenvalue weighted by atomic mass is 32.2. The summed E-state index contributed by atoms with van der Waals surface area (Å²) in [5.74, 6) is -5.24. The third kappa shape index (κ3) is 3.90. The average molecular weight is 551 g/mol. The fraction of sp³-hybridized carbons (Fsp3) is 0.348. The van der Waals surface area contributed by atoms with Crippen molar-refractivity contribution in [2.75, 3.05) is 5.75 Å². The summed E-state index contributed by atoms with van der Waals surface area (Å²) in [5, 5.41) is 13.7. The fourth-order valence-corrected chi connectivity index (χ4v) is 5.14. The van der Waals surface area contributed by atoms with Crippen molar-refractivity contribution in [3.05, 3.63) is 48.0 Å². The molecular formula is C23H19F5N8OS. The molecule has 1 N–H and O–H groups in total. The number of alkyl halides is 5. The van der Waals surface area contributed by atoms with Gasteiger partial charge in [0.25, 0.3) is 0 Å². The number of hydrogen-bond acceptors (Lipinski definition) is 7. The molecule has 1 unspecified atom stereocenters. The maximum atomic E-state index is 13.9. The van der Waals surface area contributed by atoms with E-state index >= 15 is 0 Å². The highest BCUT2D eigenvalue weighted by Gasteiger charge is 2.59. The van der Waals surface area contributed by atoms with E-state index in [1.807, 2.05) is 0 Å². The summed E-state index contributed by atoms with van der Waals surface area (Å²) in [4.78, 5) is 12.3. The zero-order valence-corrected chi connectivity index (χ0v) is 20.7. The van der Waals surface area contributed by atoms with Crippen molar-refractivity contribution in [1.82, 2.24) is 29.3 Å². The number of rotatable bonds is 6. The summed E-state index contributed by atoms with van der Waals surface area (Å²) in [6.07, 6.45) is 0.644. The predicted octanol–water partition coefficient (Wildman–Crippen LogP) is 4.85. The lowest BCUT2D eigenvalue weighted by molar-refractivity contribution is -0.289. The summed E-state index contributed by atoms with van der Waals surface area (Å²) < 4.78 is 90.9. The van der Waals surface area contributed by atoms with Crippen LogP contribution in [0.4, 0.5) is 22.0 Å². The smallest absolute Gasteiger partial charge is 0.310 e. The molecule has 4 aromatic heterocycles. The number of nitriles is 1. The molecule has 1 fully saturated rings. The molecule has 4 aromatic rings. The third-order valence-electron chi connectivity index (χ3n) is 6.60. The van der Waals surface area contributed by atoms with E-state index in [-0.39, 0.29) is 33.3 Å². The van der Waals surface area contributed by atoms with E-state index in [0.717, 1.165) is 5.56 Å². The van der Waals surface area contributed by atoms with Crippen LogP contribution in [-0.4, -0.2) is 45.4 Å². The van der Waals surface area contributed by atoms with Gasteiger partial charge in [-0.25, -0.2) is 28.6 Å². The Morgan fingerprint density at radius 1 is 1.16 bits per heavy atom. The number of fused-ring (bicyclic) bond motifs is 1. The summed E-state index contributed by atoms with van der Waals surface area (Å²) in [6.45, 7) is 1.55. The van der Waals surface area contributed by atoms with Gasteiger partial charge in [-0.15, -0.1) is 0 Å². The van der Waals surface area contributed by atoms with Gasteiger partial charge in [-0.05, 0) is 25.0 Å². The second-order valence-corrected chi connectivity index (χ2v) is 11.4. The first-order valence-electron chi connectivity index (χ1n) is 11.3. The van der Waals surface area contributed by atoms with Gasteiger partial charge >= 0.3 is 12.1 Å². The normalized spacial score (nSPS) is 16.8. The first-order valence-corrected chi connectivity index (χ1v) is 13.0. The number of imidazole rings is 1. The van der Waals surface area contributed by atoms with E-state index in [2.05, 4.69) is 26.1 Å². The monoisotopic (exact) mass is 550 g/mol. The number of pyridine rings is 2. The molecule has 15 heteroatoms. The second kappa shape index (κ2) is 8.29. The van der Waals surface area contributed by atoms with Crippen molar-refractivity contribution in [2.45, 2.75) is 42.2 Å². The van der Waals surface area contributed by atoms with E-state index in [1.54, 1.807) is 19.3 Å². The molecule has 198 valence electrons. The molecule has 5 rings (SSSR count). The first-order chi connectivity index (χ1) is 17.7. The minimum atomic E-state index is -5.82. The molecule has 0 bridgehead atoms. The zero-order valence-electron chi connectivity index (χ0n) is 19.9. The zero-order chi connectivity index (χ0) is 27.7. The molecule has 1 aliphatic rings. The maximum Gasteiger partial charge on any atom is 0.458 e. The van der Waals surface area contributed by atoms with E-state index in [1.165, 1.54) is 28.6 Å². The average Bonchev–Trinajstić information content (AvgIpc) is 3.39. The van der Waals surface area contributed by atoms with Gasteiger partial charge in [-0.3, -0.25) is 0 Å². The minimum Gasteiger partial charge on any atom is -0.310 e. The summed E-state index contributed by atoms with van der Waals surface area (Å²) in [7, 11) is -1.97. The van der Waals surface area contributed by atoms with E-state index < -0.39 is 32.8 Å². The van der Waals surface area contributed by atoms with Crippen LogP contribution in [0.15, 0.2) is 41.8 Å². The van der Waals surface area contributed by atoms with Gasteiger partial charge in [-0.2, -0.15) is 32.3 Å². The quantitative estimate of drug-likeness (QED) is 0.342. The molecule has 0 radical (unpaired) electrons. The Kier molecular flexibility index (Phi) is 5.61. The molecule has 9 nitrogen and oxygen atoms in total. The van der Waals surface area contributed by atoms with E-state index in [4.69, 9.17) is 4.78 Å². The van der Waals surface area contributed by atoms with Crippen LogP contribution in [0.5, 0.6) is 0 Å².